The molecule has 2 aliphatic carbocycles. The third kappa shape index (κ3) is 1.56. The molecule has 0 aromatic carbocycles. The number of hydrogen-bond acceptors (Lipinski definition) is 3. The maximum atomic E-state index is 13.1. The molecule has 2 rings (SSSR count). The molecule has 20 heavy (non-hydrogen) atoms. The van der Waals surface area contributed by atoms with Gasteiger partial charge in [0.25, 0.3) is 0 Å². The molecule has 0 radical (unpaired) electrons. The Bertz CT molecular complexity index is 450. The van der Waals surface area contributed by atoms with Crippen molar-refractivity contribution in [3.63, 3.8) is 0 Å². The van der Waals surface area contributed by atoms with Crippen LogP contribution in [0.1, 0.15) is 40.5 Å². The first kappa shape index (κ1) is 16.0. The third-order valence-corrected chi connectivity index (χ3v) is 7.34. The summed E-state index contributed by atoms with van der Waals surface area (Å²) >= 11 is 3.52. The normalized spacial score (nSPS) is 38.3. The van der Waals surface area contributed by atoms with Crippen molar-refractivity contribution in [1.82, 2.24) is 4.90 Å². The van der Waals surface area contributed by atoms with E-state index in [2.05, 4.69) is 15.9 Å². The van der Waals surface area contributed by atoms with Gasteiger partial charge in [-0.2, -0.15) is 0 Å². The zero-order valence-corrected chi connectivity index (χ0v) is 14.3. The Morgan fingerprint density at radius 3 is 2.40 bits per heavy atom. The maximum absolute atomic E-state index is 13.1. The Hall–Kier alpha value is -0.420. The van der Waals surface area contributed by atoms with Gasteiger partial charge in [-0.25, -0.2) is 0 Å². The van der Waals surface area contributed by atoms with Crippen molar-refractivity contribution in [3.8, 4) is 0 Å². The lowest BCUT2D eigenvalue weighted by Crippen LogP contribution is -2.53. The topological polar surface area (TPSA) is 57.6 Å². The van der Waals surface area contributed by atoms with Crippen LogP contribution < -0.4 is 0 Å². The predicted molar refractivity (Wildman–Crippen MR) is 80.6 cm³/mol. The molecule has 0 saturated heterocycles. The average Bonchev–Trinajstić information content (AvgIpc) is 2.68. The largest absolute Gasteiger partial charge is 0.395 e. The molecule has 0 aromatic rings. The lowest BCUT2D eigenvalue weighted by Gasteiger charge is -2.42. The molecule has 2 bridgehead atoms. The summed E-state index contributed by atoms with van der Waals surface area (Å²) < 4.78 is 0. The van der Waals surface area contributed by atoms with Crippen LogP contribution in [-0.4, -0.2) is 46.2 Å². The number of aliphatic hydroxyl groups is 1. The Kier molecular flexibility index (Phi) is 3.83. The van der Waals surface area contributed by atoms with Gasteiger partial charge in [0.05, 0.1) is 16.8 Å². The number of alkyl halides is 1. The van der Waals surface area contributed by atoms with Gasteiger partial charge in [-0.1, -0.05) is 36.7 Å². The molecule has 1 amide bonds. The summed E-state index contributed by atoms with van der Waals surface area (Å²) in [6.07, 6.45) is 1.50. The molecular weight excluding hydrogens is 322 g/mol. The molecule has 3 atom stereocenters. The minimum atomic E-state index is -0.677. The minimum absolute atomic E-state index is 0.00972. The zero-order chi connectivity index (χ0) is 15.3. The van der Waals surface area contributed by atoms with Crippen LogP contribution >= 0.6 is 15.9 Å². The number of halogens is 1. The fourth-order valence-corrected chi connectivity index (χ4v) is 5.73. The van der Waals surface area contributed by atoms with Crippen LogP contribution in [0.25, 0.3) is 0 Å². The molecule has 5 heteroatoms. The van der Waals surface area contributed by atoms with Crippen molar-refractivity contribution in [2.24, 2.45) is 16.2 Å². The van der Waals surface area contributed by atoms with Crippen molar-refractivity contribution in [2.45, 2.75) is 45.4 Å². The lowest BCUT2D eigenvalue weighted by molar-refractivity contribution is -0.147. The van der Waals surface area contributed by atoms with E-state index in [1.54, 1.807) is 4.90 Å². The number of carbonyl (C=O) groups is 2. The van der Waals surface area contributed by atoms with Crippen molar-refractivity contribution >= 4 is 27.6 Å². The van der Waals surface area contributed by atoms with Crippen molar-refractivity contribution < 1.29 is 14.7 Å². The molecular formula is C15H24BrNO3. The number of carbonyl (C=O) groups excluding carboxylic acids is 2. The van der Waals surface area contributed by atoms with Gasteiger partial charge in [-0.3, -0.25) is 9.59 Å². The van der Waals surface area contributed by atoms with E-state index in [0.29, 0.717) is 13.1 Å². The van der Waals surface area contributed by atoms with E-state index < -0.39 is 15.7 Å². The average molecular weight is 346 g/mol. The molecule has 0 aromatic heterocycles. The monoisotopic (exact) mass is 345 g/mol. The Balaban J connectivity index is 2.48. The van der Waals surface area contributed by atoms with E-state index in [1.165, 1.54) is 0 Å². The number of nitrogens with zero attached hydrogens (tertiary/aromatic N) is 1. The molecule has 4 nitrogen and oxygen atoms in total. The summed E-state index contributed by atoms with van der Waals surface area (Å²) in [7, 11) is 0. The van der Waals surface area contributed by atoms with E-state index >= 15 is 0 Å². The zero-order valence-electron chi connectivity index (χ0n) is 12.7. The smallest absolute Gasteiger partial charge is 0.231 e. The highest BCUT2D eigenvalue weighted by atomic mass is 79.9. The van der Waals surface area contributed by atoms with Crippen LogP contribution in [-0.2, 0) is 9.59 Å². The number of amides is 1. The number of likely N-dealkylation sites (N-methyl/N-ethyl adjacent to an activating group) is 1. The highest BCUT2D eigenvalue weighted by molar-refractivity contribution is 9.10. The van der Waals surface area contributed by atoms with Crippen molar-refractivity contribution in [3.05, 3.63) is 0 Å². The van der Waals surface area contributed by atoms with Gasteiger partial charge >= 0.3 is 0 Å². The molecule has 2 saturated carbocycles. The van der Waals surface area contributed by atoms with Gasteiger partial charge < -0.3 is 10.0 Å². The summed E-state index contributed by atoms with van der Waals surface area (Å²) in [5, 5.41) is 9.15. The molecule has 3 unspecified atom stereocenters. The van der Waals surface area contributed by atoms with E-state index in [4.69, 9.17) is 5.11 Å². The van der Waals surface area contributed by atoms with Gasteiger partial charge in [-0.15, -0.1) is 0 Å². The van der Waals surface area contributed by atoms with Gasteiger partial charge in [0.15, 0.2) is 5.78 Å². The standard InChI is InChI=1S/C15H24BrNO3/c1-5-17(8-9-18)12(20)15-7-6-14(4,13(15,2)3)11(19)10(15)16/h10,18H,5-9H2,1-4H3. The number of aliphatic hydroxyl groups excluding tert-OH is 1. The summed E-state index contributed by atoms with van der Waals surface area (Å²) in [6.45, 7) is 8.83. The van der Waals surface area contributed by atoms with E-state index in [-0.39, 0.29) is 23.7 Å². The highest BCUT2D eigenvalue weighted by Gasteiger charge is 2.77. The first-order chi connectivity index (χ1) is 9.20. The van der Waals surface area contributed by atoms with Crippen LogP contribution in [0.4, 0.5) is 0 Å². The van der Waals surface area contributed by atoms with Crippen LogP contribution in [0.2, 0.25) is 0 Å². The summed E-state index contributed by atoms with van der Waals surface area (Å²) in [4.78, 5) is 27.0. The first-order valence-corrected chi connectivity index (χ1v) is 8.21. The summed E-state index contributed by atoms with van der Waals surface area (Å²) in [5.74, 6) is 0.164. The van der Waals surface area contributed by atoms with Crippen LogP contribution in [0.15, 0.2) is 0 Å². The number of rotatable bonds is 4. The lowest BCUT2D eigenvalue weighted by atomic mass is 9.64. The van der Waals surface area contributed by atoms with Crippen LogP contribution in [0.3, 0.4) is 0 Å². The number of fused-ring (bicyclic) bond motifs is 2. The SMILES string of the molecule is CCN(CCO)C(=O)C12CCC(C)(C(=O)C1Br)C2(C)C. The molecule has 2 aliphatic rings. The Labute approximate surface area is 129 Å². The van der Waals surface area contributed by atoms with E-state index in [9.17, 15) is 9.59 Å². The second-order valence-corrected chi connectivity index (χ2v) is 7.68. The number of Topliss-reactive ketones (excluding diaryl/α,β-unsaturated/α-hetero) is 1. The van der Waals surface area contributed by atoms with Gasteiger partial charge in [0, 0.05) is 18.5 Å². The van der Waals surface area contributed by atoms with Gasteiger partial charge in [-0.05, 0) is 25.2 Å². The Morgan fingerprint density at radius 1 is 1.40 bits per heavy atom. The Morgan fingerprint density at radius 2 is 2.00 bits per heavy atom. The molecule has 0 aliphatic heterocycles. The highest BCUT2D eigenvalue weighted by Crippen LogP contribution is 2.72. The fraction of sp³-hybridized carbons (Fsp3) is 0.867. The molecule has 114 valence electrons. The second-order valence-electron chi connectivity index (χ2n) is 6.76. The van der Waals surface area contributed by atoms with Gasteiger partial charge in [0.1, 0.15) is 0 Å². The first-order valence-electron chi connectivity index (χ1n) is 7.29. The van der Waals surface area contributed by atoms with Gasteiger partial charge in [0.2, 0.25) is 5.91 Å². The minimum Gasteiger partial charge on any atom is -0.395 e. The quantitative estimate of drug-likeness (QED) is 0.792. The molecule has 1 N–H and O–H groups in total. The number of ketones is 1. The van der Waals surface area contributed by atoms with E-state index in [0.717, 1.165) is 12.8 Å². The number of hydrogen-bond donors (Lipinski definition) is 1. The maximum Gasteiger partial charge on any atom is 0.231 e. The molecule has 0 heterocycles. The summed E-state index contributed by atoms with van der Waals surface area (Å²) in [6, 6.07) is 0. The van der Waals surface area contributed by atoms with Crippen molar-refractivity contribution in [1.29, 1.82) is 0 Å². The van der Waals surface area contributed by atoms with Crippen LogP contribution in [0, 0.1) is 16.2 Å². The third-order valence-electron chi connectivity index (χ3n) is 6.14. The predicted octanol–water partition coefficient (Wildman–Crippen LogP) is 1.99. The molecule has 0 spiro atoms. The van der Waals surface area contributed by atoms with Crippen molar-refractivity contribution in [2.75, 3.05) is 19.7 Å². The van der Waals surface area contributed by atoms with E-state index in [1.807, 2.05) is 27.7 Å². The van der Waals surface area contributed by atoms with Crippen LogP contribution in [0.5, 0.6) is 0 Å². The second kappa shape index (κ2) is 4.80. The summed E-state index contributed by atoms with van der Waals surface area (Å²) in [5.41, 5.74) is -1.48. The fourth-order valence-electron chi connectivity index (χ4n) is 4.23. The molecule has 2 fully saturated rings.